The number of nitrogen functional groups attached to an aromatic ring is 1. The average Bonchev–Trinajstić information content (AvgIpc) is 2.43. The van der Waals surface area contributed by atoms with Gasteiger partial charge in [0, 0.05) is 13.3 Å². The van der Waals surface area contributed by atoms with Gasteiger partial charge in [-0.1, -0.05) is 12.1 Å². The van der Waals surface area contributed by atoms with E-state index in [0.717, 1.165) is 17.7 Å². The van der Waals surface area contributed by atoms with E-state index in [9.17, 15) is 0 Å². The van der Waals surface area contributed by atoms with Crippen molar-refractivity contribution >= 4 is 5.69 Å². The third-order valence-corrected chi connectivity index (χ3v) is 2.90. The van der Waals surface area contributed by atoms with Crippen LogP contribution in [0, 0.1) is 6.92 Å². The molecule has 0 bridgehead atoms. The predicted molar refractivity (Wildman–Crippen MR) is 75.5 cm³/mol. The highest BCUT2D eigenvalue weighted by atomic mass is 16.5. The average molecular weight is 258 g/mol. The van der Waals surface area contributed by atoms with E-state index >= 15 is 0 Å². The summed E-state index contributed by atoms with van der Waals surface area (Å²) in [5.74, 6) is 1.18. The van der Waals surface area contributed by atoms with Gasteiger partial charge in [-0.2, -0.15) is 0 Å². The van der Waals surface area contributed by atoms with Gasteiger partial charge in [-0.15, -0.1) is 0 Å². The van der Waals surface area contributed by atoms with Crippen LogP contribution in [-0.4, -0.2) is 18.7 Å². The number of hydrogen-bond donors (Lipinski definition) is 1. The number of benzene rings is 1. The lowest BCUT2D eigenvalue weighted by atomic mass is 10.1. The number of pyridine rings is 1. The predicted octanol–water partition coefficient (Wildman–Crippen LogP) is 2.95. The summed E-state index contributed by atoms with van der Waals surface area (Å²) in [6, 6.07) is 9.71. The lowest BCUT2D eigenvalue weighted by Crippen LogP contribution is -1.98. The molecule has 2 N–H and O–H groups in total. The number of rotatable bonds is 5. The van der Waals surface area contributed by atoms with E-state index in [1.807, 2.05) is 37.3 Å². The van der Waals surface area contributed by atoms with Gasteiger partial charge < -0.3 is 15.2 Å². The fraction of sp³-hybridized carbons (Fsp3) is 0.267. The number of hydrogen-bond acceptors (Lipinski definition) is 4. The van der Waals surface area contributed by atoms with Crippen LogP contribution in [0.5, 0.6) is 11.6 Å². The van der Waals surface area contributed by atoms with Crippen LogP contribution in [0.25, 0.3) is 0 Å². The van der Waals surface area contributed by atoms with Gasteiger partial charge in [0.25, 0.3) is 0 Å². The molecule has 0 atom stereocenters. The molecule has 0 spiro atoms. The Morgan fingerprint density at radius 1 is 1.16 bits per heavy atom. The number of nitrogens with two attached hydrogens (primary N) is 1. The van der Waals surface area contributed by atoms with Crippen LogP contribution in [-0.2, 0) is 11.2 Å². The first-order valence-electron chi connectivity index (χ1n) is 6.17. The molecule has 4 heteroatoms. The van der Waals surface area contributed by atoms with Gasteiger partial charge in [-0.3, -0.25) is 0 Å². The largest absolute Gasteiger partial charge is 0.437 e. The van der Waals surface area contributed by atoms with E-state index in [1.165, 1.54) is 5.56 Å². The van der Waals surface area contributed by atoms with E-state index in [0.29, 0.717) is 18.2 Å². The molecule has 2 aromatic rings. The van der Waals surface area contributed by atoms with Crippen molar-refractivity contribution in [3.63, 3.8) is 0 Å². The van der Waals surface area contributed by atoms with Crippen molar-refractivity contribution in [3.05, 3.63) is 47.7 Å². The lowest BCUT2D eigenvalue weighted by molar-refractivity contribution is 0.202. The highest BCUT2D eigenvalue weighted by Gasteiger charge is 2.05. The number of nitrogens with zero attached hydrogens (tertiary/aromatic N) is 1. The van der Waals surface area contributed by atoms with E-state index < -0.39 is 0 Å². The zero-order chi connectivity index (χ0) is 13.7. The molecule has 19 heavy (non-hydrogen) atoms. The Morgan fingerprint density at radius 3 is 2.58 bits per heavy atom. The Hall–Kier alpha value is -2.07. The maximum Gasteiger partial charge on any atom is 0.242 e. The molecule has 4 nitrogen and oxygen atoms in total. The molecule has 0 aliphatic rings. The molecule has 1 aromatic carbocycles. The van der Waals surface area contributed by atoms with Gasteiger partial charge in [0.2, 0.25) is 5.88 Å². The Morgan fingerprint density at radius 2 is 1.89 bits per heavy atom. The second-order valence-corrected chi connectivity index (χ2v) is 4.34. The molecule has 0 saturated carbocycles. The minimum atomic E-state index is 0.449. The van der Waals surface area contributed by atoms with Crippen LogP contribution in [0.3, 0.4) is 0 Å². The second kappa shape index (κ2) is 6.20. The van der Waals surface area contributed by atoms with E-state index in [-0.39, 0.29) is 0 Å². The minimum absolute atomic E-state index is 0.449. The van der Waals surface area contributed by atoms with Crippen molar-refractivity contribution in [1.29, 1.82) is 0 Å². The number of methoxy groups -OCH3 is 1. The third kappa shape index (κ3) is 3.45. The quantitative estimate of drug-likeness (QED) is 0.895. The number of ether oxygens (including phenoxy) is 2. The summed E-state index contributed by atoms with van der Waals surface area (Å²) in [4.78, 5) is 4.14. The molecule has 0 saturated heterocycles. The standard InChI is InChI=1S/C15H18N2O2/c1-11-7-9-17-15(14(11)16)19-13-5-3-12(4-6-13)8-10-18-2/h3-7,9H,8,10,16H2,1-2H3. The molecule has 0 radical (unpaired) electrons. The van der Waals surface area contributed by atoms with Crippen LogP contribution in [0.2, 0.25) is 0 Å². The van der Waals surface area contributed by atoms with Crippen molar-refractivity contribution in [3.8, 4) is 11.6 Å². The molecule has 0 unspecified atom stereocenters. The molecule has 0 aliphatic heterocycles. The number of aryl methyl sites for hydroxylation is 1. The lowest BCUT2D eigenvalue weighted by Gasteiger charge is -2.09. The van der Waals surface area contributed by atoms with E-state index in [1.54, 1.807) is 13.3 Å². The van der Waals surface area contributed by atoms with Gasteiger partial charge in [-0.25, -0.2) is 4.98 Å². The molecule has 1 aromatic heterocycles. The van der Waals surface area contributed by atoms with Crippen LogP contribution < -0.4 is 10.5 Å². The first-order valence-corrected chi connectivity index (χ1v) is 6.17. The summed E-state index contributed by atoms with van der Waals surface area (Å²) in [5.41, 5.74) is 8.66. The Labute approximate surface area is 113 Å². The molecule has 0 fully saturated rings. The summed E-state index contributed by atoms with van der Waals surface area (Å²) in [7, 11) is 1.70. The fourth-order valence-electron chi connectivity index (χ4n) is 1.68. The first kappa shape index (κ1) is 13.4. The summed E-state index contributed by atoms with van der Waals surface area (Å²) < 4.78 is 10.7. The van der Waals surface area contributed by atoms with Crippen LogP contribution >= 0.6 is 0 Å². The van der Waals surface area contributed by atoms with Crippen molar-refractivity contribution in [2.45, 2.75) is 13.3 Å². The summed E-state index contributed by atoms with van der Waals surface area (Å²) in [5, 5.41) is 0. The molecule has 100 valence electrons. The number of anilines is 1. The van der Waals surface area contributed by atoms with E-state index in [4.69, 9.17) is 15.2 Å². The SMILES string of the molecule is COCCc1ccc(Oc2nccc(C)c2N)cc1. The molecule has 0 amide bonds. The zero-order valence-electron chi connectivity index (χ0n) is 11.2. The Balaban J connectivity index is 2.09. The van der Waals surface area contributed by atoms with Gasteiger partial charge in [0.05, 0.1) is 12.3 Å². The maximum atomic E-state index is 5.92. The van der Waals surface area contributed by atoms with Crippen molar-refractivity contribution in [2.24, 2.45) is 0 Å². The van der Waals surface area contributed by atoms with Crippen molar-refractivity contribution in [2.75, 3.05) is 19.5 Å². The van der Waals surface area contributed by atoms with Crippen LogP contribution in [0.4, 0.5) is 5.69 Å². The van der Waals surface area contributed by atoms with Crippen LogP contribution in [0.15, 0.2) is 36.5 Å². The van der Waals surface area contributed by atoms with Crippen LogP contribution in [0.1, 0.15) is 11.1 Å². The molecular formula is C15H18N2O2. The van der Waals surface area contributed by atoms with Gasteiger partial charge in [0.1, 0.15) is 5.75 Å². The molecular weight excluding hydrogens is 240 g/mol. The molecule has 1 heterocycles. The summed E-state index contributed by atoms with van der Waals surface area (Å²) >= 11 is 0. The molecule has 0 aliphatic carbocycles. The smallest absolute Gasteiger partial charge is 0.242 e. The normalized spacial score (nSPS) is 10.4. The Kier molecular flexibility index (Phi) is 4.36. The fourth-order valence-corrected chi connectivity index (χ4v) is 1.68. The third-order valence-electron chi connectivity index (χ3n) is 2.90. The maximum absolute atomic E-state index is 5.92. The first-order chi connectivity index (χ1) is 9.20. The Bertz CT molecular complexity index is 538. The highest BCUT2D eigenvalue weighted by molar-refractivity contribution is 5.55. The highest BCUT2D eigenvalue weighted by Crippen LogP contribution is 2.27. The van der Waals surface area contributed by atoms with Gasteiger partial charge in [0.15, 0.2) is 0 Å². The zero-order valence-corrected chi connectivity index (χ0v) is 11.2. The van der Waals surface area contributed by atoms with Gasteiger partial charge >= 0.3 is 0 Å². The van der Waals surface area contributed by atoms with Crippen molar-refractivity contribution < 1.29 is 9.47 Å². The summed E-state index contributed by atoms with van der Waals surface area (Å²) in [6.45, 7) is 2.64. The van der Waals surface area contributed by atoms with Gasteiger partial charge in [-0.05, 0) is 42.7 Å². The topological polar surface area (TPSA) is 57.4 Å². The number of aromatic nitrogens is 1. The second-order valence-electron chi connectivity index (χ2n) is 4.34. The monoisotopic (exact) mass is 258 g/mol. The minimum Gasteiger partial charge on any atom is -0.437 e. The molecule has 2 rings (SSSR count). The van der Waals surface area contributed by atoms with Crippen molar-refractivity contribution in [1.82, 2.24) is 4.98 Å². The summed E-state index contributed by atoms with van der Waals surface area (Å²) in [6.07, 6.45) is 2.58. The van der Waals surface area contributed by atoms with E-state index in [2.05, 4.69) is 4.98 Å².